The molecule has 0 radical (unpaired) electrons. The van der Waals surface area contributed by atoms with E-state index >= 15 is 0 Å². The molecule has 2 amide bonds. The van der Waals surface area contributed by atoms with Gasteiger partial charge in [0.15, 0.2) is 5.82 Å². The smallest absolute Gasteiger partial charge is 0.235 e. The Kier molecular flexibility index (Phi) is 8.38. The van der Waals surface area contributed by atoms with E-state index in [1.165, 1.54) is 43.3 Å². The molecular formula is C26H30N4O3S. The fourth-order valence-electron chi connectivity index (χ4n) is 4.03. The first-order chi connectivity index (χ1) is 16.6. The van der Waals surface area contributed by atoms with Crippen molar-refractivity contribution in [3.63, 3.8) is 0 Å². The maximum atomic E-state index is 12.3. The second kappa shape index (κ2) is 11.9. The van der Waals surface area contributed by atoms with Crippen molar-refractivity contribution in [3.8, 4) is 11.1 Å². The molecule has 3 aromatic rings. The summed E-state index contributed by atoms with van der Waals surface area (Å²) < 4.78 is 4.92. The van der Waals surface area contributed by atoms with Crippen LogP contribution < -0.4 is 10.6 Å². The SMILES string of the molecule is Cc1cc(NC(=O)CSCC(=O)NCc2ccccc2-c2ccc(CN3CCCC3)cc2)no1. The number of aryl methyl sites for hydroxylation is 1. The first-order valence-electron chi connectivity index (χ1n) is 11.5. The van der Waals surface area contributed by atoms with Crippen LogP contribution in [0.25, 0.3) is 11.1 Å². The number of likely N-dealkylation sites (tertiary alicyclic amines) is 1. The second-order valence-electron chi connectivity index (χ2n) is 8.48. The average molecular weight is 479 g/mol. The van der Waals surface area contributed by atoms with E-state index in [2.05, 4.69) is 51.0 Å². The monoisotopic (exact) mass is 478 g/mol. The fourth-order valence-corrected chi connectivity index (χ4v) is 4.68. The number of hydrogen-bond donors (Lipinski definition) is 2. The molecule has 2 heterocycles. The van der Waals surface area contributed by atoms with Crippen LogP contribution in [-0.4, -0.2) is 46.5 Å². The van der Waals surface area contributed by atoms with E-state index in [1.807, 2.05) is 18.2 Å². The fraction of sp³-hybridized carbons (Fsp3) is 0.346. The lowest BCUT2D eigenvalue weighted by Gasteiger charge is -2.15. The average Bonchev–Trinajstić information content (AvgIpc) is 3.50. The van der Waals surface area contributed by atoms with Crippen molar-refractivity contribution in [2.45, 2.75) is 32.9 Å². The predicted molar refractivity (Wildman–Crippen MR) is 135 cm³/mol. The number of anilines is 1. The molecule has 0 saturated carbocycles. The third kappa shape index (κ3) is 6.95. The van der Waals surface area contributed by atoms with Crippen molar-refractivity contribution in [3.05, 3.63) is 71.5 Å². The first kappa shape index (κ1) is 24.0. The molecular weight excluding hydrogens is 448 g/mol. The lowest BCUT2D eigenvalue weighted by Crippen LogP contribution is -2.26. The number of nitrogens with one attached hydrogen (secondary N) is 2. The molecule has 1 fully saturated rings. The number of hydrogen-bond acceptors (Lipinski definition) is 6. The maximum absolute atomic E-state index is 12.3. The minimum Gasteiger partial charge on any atom is -0.360 e. The van der Waals surface area contributed by atoms with Gasteiger partial charge in [-0.25, -0.2) is 0 Å². The molecule has 178 valence electrons. The molecule has 0 aliphatic carbocycles. The first-order valence-corrected chi connectivity index (χ1v) is 12.7. The molecule has 34 heavy (non-hydrogen) atoms. The third-order valence-electron chi connectivity index (χ3n) is 5.72. The van der Waals surface area contributed by atoms with E-state index in [4.69, 9.17) is 4.52 Å². The molecule has 0 atom stereocenters. The number of rotatable bonds is 10. The number of aromatic nitrogens is 1. The number of thioether (sulfide) groups is 1. The van der Waals surface area contributed by atoms with Crippen molar-refractivity contribution < 1.29 is 14.1 Å². The van der Waals surface area contributed by atoms with Crippen LogP contribution in [0.15, 0.2) is 59.1 Å². The molecule has 0 spiro atoms. The summed E-state index contributed by atoms with van der Waals surface area (Å²) in [7, 11) is 0. The van der Waals surface area contributed by atoms with E-state index in [1.54, 1.807) is 13.0 Å². The lowest BCUT2D eigenvalue weighted by molar-refractivity contribution is -0.118. The van der Waals surface area contributed by atoms with Gasteiger partial charge in [0.1, 0.15) is 5.76 Å². The standard InChI is InChI=1S/C26H30N4O3S/c1-19-14-24(29-33-19)28-26(32)18-34-17-25(31)27-15-22-6-2-3-7-23(22)21-10-8-20(9-11-21)16-30-12-4-5-13-30/h2-3,6-11,14H,4-5,12-13,15-18H2,1H3,(H,27,31)(H,28,29,32). The quantitative estimate of drug-likeness (QED) is 0.453. The Balaban J connectivity index is 1.25. The molecule has 1 saturated heterocycles. The number of nitrogens with zero attached hydrogens (tertiary/aromatic N) is 2. The van der Waals surface area contributed by atoms with Crippen LogP contribution in [0.1, 0.15) is 29.7 Å². The van der Waals surface area contributed by atoms with Gasteiger partial charge in [0.05, 0.1) is 11.5 Å². The van der Waals surface area contributed by atoms with Gasteiger partial charge >= 0.3 is 0 Å². The summed E-state index contributed by atoms with van der Waals surface area (Å²) in [5.41, 5.74) is 4.65. The van der Waals surface area contributed by atoms with Gasteiger partial charge in [-0.2, -0.15) is 0 Å². The van der Waals surface area contributed by atoms with Gasteiger partial charge in [0.25, 0.3) is 0 Å². The molecule has 0 unspecified atom stereocenters. The summed E-state index contributed by atoms with van der Waals surface area (Å²) in [6.45, 7) is 5.58. The van der Waals surface area contributed by atoms with Gasteiger partial charge in [-0.05, 0) is 55.1 Å². The van der Waals surface area contributed by atoms with E-state index in [0.29, 0.717) is 18.1 Å². The number of benzene rings is 2. The molecule has 4 rings (SSSR count). The van der Waals surface area contributed by atoms with Crippen LogP contribution in [0.4, 0.5) is 5.82 Å². The molecule has 8 heteroatoms. The summed E-state index contributed by atoms with van der Waals surface area (Å²) in [4.78, 5) is 26.8. The van der Waals surface area contributed by atoms with E-state index < -0.39 is 0 Å². The topological polar surface area (TPSA) is 87.5 Å². The zero-order chi connectivity index (χ0) is 23.8. The molecule has 1 aromatic heterocycles. The number of carbonyl (C=O) groups excluding carboxylic acids is 2. The minimum atomic E-state index is -0.218. The molecule has 2 N–H and O–H groups in total. The predicted octanol–water partition coefficient (Wildman–Crippen LogP) is 4.23. The van der Waals surface area contributed by atoms with E-state index in [9.17, 15) is 9.59 Å². The highest BCUT2D eigenvalue weighted by Gasteiger charge is 2.13. The Hall–Kier alpha value is -3.10. The highest BCUT2D eigenvalue weighted by atomic mass is 32.2. The van der Waals surface area contributed by atoms with Gasteiger partial charge in [-0.15, -0.1) is 11.8 Å². The molecule has 1 aliphatic rings. The van der Waals surface area contributed by atoms with Gasteiger partial charge in [-0.1, -0.05) is 53.7 Å². The molecule has 2 aromatic carbocycles. The molecule has 1 aliphatic heterocycles. The summed E-state index contributed by atoms with van der Waals surface area (Å²) in [6.07, 6.45) is 2.59. The Bertz CT molecular complexity index is 1110. The molecule has 7 nitrogen and oxygen atoms in total. The van der Waals surface area contributed by atoms with Gasteiger partial charge in [-0.3, -0.25) is 14.5 Å². The van der Waals surface area contributed by atoms with Crippen LogP contribution in [0.3, 0.4) is 0 Å². The van der Waals surface area contributed by atoms with Crippen LogP contribution >= 0.6 is 11.8 Å². The van der Waals surface area contributed by atoms with Crippen molar-refractivity contribution in [2.75, 3.05) is 29.9 Å². The maximum Gasteiger partial charge on any atom is 0.235 e. The van der Waals surface area contributed by atoms with Crippen LogP contribution in [0.5, 0.6) is 0 Å². The Morgan fingerprint density at radius 2 is 1.76 bits per heavy atom. The zero-order valence-corrected chi connectivity index (χ0v) is 20.2. The number of amides is 2. The summed E-state index contributed by atoms with van der Waals surface area (Å²) in [5.74, 6) is 1.06. The van der Waals surface area contributed by atoms with Crippen LogP contribution in [-0.2, 0) is 22.7 Å². The lowest BCUT2D eigenvalue weighted by atomic mass is 9.98. The largest absolute Gasteiger partial charge is 0.360 e. The van der Waals surface area contributed by atoms with E-state index in [0.717, 1.165) is 23.2 Å². The normalized spacial score (nSPS) is 13.7. The van der Waals surface area contributed by atoms with Crippen molar-refractivity contribution in [1.29, 1.82) is 0 Å². The highest BCUT2D eigenvalue weighted by Crippen LogP contribution is 2.25. The summed E-state index contributed by atoms with van der Waals surface area (Å²) in [5, 5.41) is 9.34. The third-order valence-corrected chi connectivity index (χ3v) is 6.66. The second-order valence-corrected chi connectivity index (χ2v) is 9.46. The van der Waals surface area contributed by atoms with Gasteiger partial charge < -0.3 is 15.2 Å². The van der Waals surface area contributed by atoms with Gasteiger partial charge in [0, 0.05) is 19.2 Å². The van der Waals surface area contributed by atoms with E-state index in [-0.39, 0.29) is 23.3 Å². The zero-order valence-electron chi connectivity index (χ0n) is 19.4. The van der Waals surface area contributed by atoms with Crippen molar-refractivity contribution >= 4 is 29.4 Å². The Labute approximate surface area is 204 Å². The Morgan fingerprint density at radius 3 is 2.50 bits per heavy atom. The van der Waals surface area contributed by atoms with Gasteiger partial charge in [0.2, 0.25) is 11.8 Å². The van der Waals surface area contributed by atoms with Crippen molar-refractivity contribution in [1.82, 2.24) is 15.4 Å². The number of carbonyl (C=O) groups is 2. The van der Waals surface area contributed by atoms with Crippen molar-refractivity contribution in [2.24, 2.45) is 0 Å². The minimum absolute atomic E-state index is 0.106. The van der Waals surface area contributed by atoms with Crippen LogP contribution in [0, 0.1) is 6.92 Å². The summed E-state index contributed by atoms with van der Waals surface area (Å²) >= 11 is 1.26. The van der Waals surface area contributed by atoms with Crippen LogP contribution in [0.2, 0.25) is 0 Å². The summed E-state index contributed by atoms with van der Waals surface area (Å²) in [6, 6.07) is 18.5. The molecule has 0 bridgehead atoms. The highest BCUT2D eigenvalue weighted by molar-refractivity contribution is 8.00. The Morgan fingerprint density at radius 1 is 1.03 bits per heavy atom.